The first-order valence-electron chi connectivity index (χ1n) is 5.97. The van der Waals surface area contributed by atoms with E-state index in [4.69, 9.17) is 4.74 Å². The van der Waals surface area contributed by atoms with Gasteiger partial charge in [0.15, 0.2) is 0 Å². The lowest BCUT2D eigenvalue weighted by atomic mass is 10.1. The summed E-state index contributed by atoms with van der Waals surface area (Å²) in [7, 11) is 0. The Morgan fingerprint density at radius 2 is 2.22 bits per heavy atom. The molecule has 0 fully saturated rings. The molecular weight excluding hydrogens is 244 g/mol. The second-order valence-electron chi connectivity index (χ2n) is 4.21. The van der Waals surface area contributed by atoms with Crippen LogP contribution in [0.15, 0.2) is 30.3 Å². The smallest absolute Gasteiger partial charge is 0.0781 e. The molecule has 0 radical (unpaired) electrons. The van der Waals surface area contributed by atoms with Crippen LogP contribution < -0.4 is 0 Å². The van der Waals surface area contributed by atoms with E-state index in [1.165, 1.54) is 0 Å². The molecular formula is C15H16O2S. The number of fused-ring (bicyclic) bond motifs is 1. The van der Waals surface area contributed by atoms with Crippen LogP contribution in [0, 0.1) is 12.1 Å². The molecule has 0 heterocycles. The van der Waals surface area contributed by atoms with Gasteiger partial charge in [0.2, 0.25) is 0 Å². The van der Waals surface area contributed by atoms with Crippen molar-refractivity contribution in [1.82, 2.24) is 0 Å². The summed E-state index contributed by atoms with van der Waals surface area (Å²) in [5.74, 6) is 0.673. The largest absolute Gasteiger partial charge is 0.391 e. The second kappa shape index (κ2) is 6.65. The Morgan fingerprint density at radius 1 is 1.33 bits per heavy atom. The summed E-state index contributed by atoms with van der Waals surface area (Å²) in [6, 6.07) is 15.9. The highest BCUT2D eigenvalue weighted by molar-refractivity contribution is 7.80. The van der Waals surface area contributed by atoms with Crippen molar-refractivity contribution in [3.05, 3.63) is 48.0 Å². The zero-order valence-electron chi connectivity index (χ0n) is 10.1. The normalized spacial score (nSPS) is 12.3. The summed E-state index contributed by atoms with van der Waals surface area (Å²) in [5, 5.41) is 11.7. The lowest BCUT2D eigenvalue weighted by Crippen LogP contribution is -2.15. The van der Waals surface area contributed by atoms with Crippen molar-refractivity contribution in [1.29, 1.82) is 0 Å². The molecule has 0 aliphatic carbocycles. The molecule has 0 saturated carbocycles. The maximum absolute atomic E-state index is 9.52. The molecule has 0 bridgehead atoms. The van der Waals surface area contributed by atoms with Crippen molar-refractivity contribution < 1.29 is 9.84 Å². The maximum Gasteiger partial charge on any atom is 0.0781 e. The summed E-state index contributed by atoms with van der Waals surface area (Å²) in [4.78, 5) is 0. The highest BCUT2D eigenvalue weighted by Gasteiger charge is 2.03. The van der Waals surface area contributed by atoms with Crippen molar-refractivity contribution in [2.45, 2.75) is 19.1 Å². The van der Waals surface area contributed by atoms with Gasteiger partial charge in [-0.15, -0.1) is 0 Å². The third-order valence-corrected chi connectivity index (χ3v) is 2.97. The molecule has 3 heteroatoms. The monoisotopic (exact) mass is 260 g/mol. The molecule has 0 aliphatic rings. The quantitative estimate of drug-likeness (QED) is 0.782. The van der Waals surface area contributed by atoms with E-state index in [1.54, 1.807) is 0 Å². The summed E-state index contributed by atoms with van der Waals surface area (Å²) < 4.78 is 5.48. The van der Waals surface area contributed by atoms with Gasteiger partial charge in [0.1, 0.15) is 0 Å². The van der Waals surface area contributed by atoms with E-state index < -0.39 is 6.10 Å². The molecule has 0 amide bonds. The van der Waals surface area contributed by atoms with E-state index in [-0.39, 0.29) is 0 Å². The van der Waals surface area contributed by atoms with E-state index >= 15 is 0 Å². The molecule has 94 valence electrons. The number of ether oxygens (including phenoxy) is 1. The molecule has 2 rings (SSSR count). The van der Waals surface area contributed by atoms with Gasteiger partial charge in [-0.05, 0) is 47.4 Å². The fourth-order valence-corrected chi connectivity index (χ4v) is 2.05. The molecule has 2 aromatic rings. The van der Waals surface area contributed by atoms with Crippen LogP contribution in [0.5, 0.6) is 0 Å². The third-order valence-electron chi connectivity index (χ3n) is 2.71. The van der Waals surface area contributed by atoms with Crippen LogP contribution in [0.2, 0.25) is 0 Å². The highest BCUT2D eigenvalue weighted by Crippen LogP contribution is 2.14. The number of benzene rings is 1. The van der Waals surface area contributed by atoms with Gasteiger partial charge in [-0.2, -0.15) is 12.6 Å². The van der Waals surface area contributed by atoms with Crippen molar-refractivity contribution in [2.24, 2.45) is 0 Å². The molecule has 0 aliphatic heterocycles. The lowest BCUT2D eigenvalue weighted by molar-refractivity contribution is 0.0275. The molecule has 2 aromatic carbocycles. The van der Waals surface area contributed by atoms with Crippen molar-refractivity contribution in [2.75, 3.05) is 12.4 Å². The number of hydrogen-bond acceptors (Lipinski definition) is 3. The average molecular weight is 260 g/mol. The molecule has 0 saturated heterocycles. The van der Waals surface area contributed by atoms with Gasteiger partial charge < -0.3 is 9.84 Å². The Balaban J connectivity index is 1.91. The standard InChI is InChI=1S/C15H16O2S/c16-15(7-8-18)11-17-10-12-5-6-13-3-1-2-4-14(13)9-12/h2,4-6,9,15-16,18H,7-8,10-11H2. The molecule has 1 unspecified atom stereocenters. The van der Waals surface area contributed by atoms with Crippen LogP contribution in [0.3, 0.4) is 0 Å². The average Bonchev–Trinajstić information content (AvgIpc) is 2.39. The van der Waals surface area contributed by atoms with Gasteiger partial charge in [-0.1, -0.05) is 18.2 Å². The Labute approximate surface area is 113 Å². The topological polar surface area (TPSA) is 29.5 Å². The van der Waals surface area contributed by atoms with Crippen molar-refractivity contribution in [3.8, 4) is 0 Å². The van der Waals surface area contributed by atoms with Crippen LogP contribution in [0.4, 0.5) is 0 Å². The number of aliphatic hydroxyl groups is 1. The Morgan fingerprint density at radius 3 is 3.06 bits per heavy atom. The fraction of sp³-hybridized carbons (Fsp3) is 0.333. The van der Waals surface area contributed by atoms with E-state index in [9.17, 15) is 5.11 Å². The zero-order valence-corrected chi connectivity index (χ0v) is 11.0. The van der Waals surface area contributed by atoms with Gasteiger partial charge >= 0.3 is 0 Å². The lowest BCUT2D eigenvalue weighted by Gasteiger charge is -2.10. The summed E-state index contributed by atoms with van der Waals surface area (Å²) in [6.45, 7) is 0.867. The first-order valence-corrected chi connectivity index (χ1v) is 6.60. The van der Waals surface area contributed by atoms with E-state index in [1.807, 2.05) is 24.3 Å². The van der Waals surface area contributed by atoms with E-state index in [0.717, 1.165) is 16.3 Å². The van der Waals surface area contributed by atoms with Crippen LogP contribution in [-0.4, -0.2) is 23.6 Å². The van der Waals surface area contributed by atoms with Crippen LogP contribution in [-0.2, 0) is 11.3 Å². The second-order valence-corrected chi connectivity index (χ2v) is 4.65. The highest BCUT2D eigenvalue weighted by atomic mass is 32.1. The van der Waals surface area contributed by atoms with Crippen LogP contribution in [0.25, 0.3) is 10.8 Å². The first kappa shape index (κ1) is 13.2. The fourth-order valence-electron chi connectivity index (χ4n) is 1.75. The van der Waals surface area contributed by atoms with Crippen LogP contribution in [0.1, 0.15) is 12.0 Å². The number of aliphatic hydroxyl groups excluding tert-OH is 1. The Bertz CT molecular complexity index is 499. The molecule has 18 heavy (non-hydrogen) atoms. The van der Waals surface area contributed by atoms with Crippen molar-refractivity contribution >= 4 is 23.4 Å². The van der Waals surface area contributed by atoms with Crippen molar-refractivity contribution in [3.63, 3.8) is 0 Å². The summed E-state index contributed by atoms with van der Waals surface area (Å²) in [5.41, 5.74) is 1.10. The minimum absolute atomic E-state index is 0.354. The van der Waals surface area contributed by atoms with Gasteiger partial charge in [-0.3, -0.25) is 0 Å². The van der Waals surface area contributed by atoms with Gasteiger partial charge in [-0.25, -0.2) is 0 Å². The van der Waals surface area contributed by atoms with E-state index in [0.29, 0.717) is 25.4 Å². The molecule has 1 N–H and O–H groups in total. The third kappa shape index (κ3) is 3.64. The summed E-state index contributed by atoms with van der Waals surface area (Å²) >= 11 is 4.07. The predicted molar refractivity (Wildman–Crippen MR) is 75.8 cm³/mol. The van der Waals surface area contributed by atoms with Gasteiger partial charge in [0.05, 0.1) is 19.3 Å². The number of rotatable bonds is 6. The SMILES string of the molecule is OC(CCS)COCc1ccc2c#cccc2c1. The number of thiol groups is 1. The van der Waals surface area contributed by atoms with Gasteiger partial charge in [0.25, 0.3) is 0 Å². The van der Waals surface area contributed by atoms with E-state index in [2.05, 4.69) is 30.8 Å². The summed E-state index contributed by atoms with van der Waals surface area (Å²) in [6.07, 6.45) is 0.233. The minimum Gasteiger partial charge on any atom is -0.391 e. The molecule has 0 aromatic heterocycles. The Kier molecular flexibility index (Phi) is 4.89. The number of hydrogen-bond donors (Lipinski definition) is 2. The maximum atomic E-state index is 9.52. The molecule has 2 nitrogen and oxygen atoms in total. The Hall–Kier alpha value is -1.21. The molecule has 0 spiro atoms. The zero-order chi connectivity index (χ0) is 12.8. The first-order chi connectivity index (χ1) is 8.79. The predicted octanol–water partition coefficient (Wildman–Crippen LogP) is 2.64. The van der Waals surface area contributed by atoms with Crippen LogP contribution >= 0.6 is 12.6 Å². The van der Waals surface area contributed by atoms with Gasteiger partial charge in [0, 0.05) is 5.39 Å². The minimum atomic E-state index is -0.425. The molecule has 1 atom stereocenters.